The van der Waals surface area contributed by atoms with Gasteiger partial charge in [0.1, 0.15) is 0 Å². The van der Waals surface area contributed by atoms with E-state index in [1.54, 1.807) is 0 Å². The molecule has 2 aromatic rings. The Labute approximate surface area is 93.3 Å². The van der Waals surface area contributed by atoms with Gasteiger partial charge in [-0.25, -0.2) is 0 Å². The van der Waals surface area contributed by atoms with Gasteiger partial charge in [0, 0.05) is 25.2 Å². The second-order valence-corrected chi connectivity index (χ2v) is 4.30. The largest absolute Gasteiger partial charge is 0.377 e. The van der Waals surface area contributed by atoms with E-state index >= 15 is 0 Å². The Morgan fingerprint density at radius 2 is 1.67 bits per heavy atom. The molecular formula is C13H16NP. The first kappa shape index (κ1) is 10.4. The Hall–Kier alpha value is -1.07. The first-order valence-electron chi connectivity index (χ1n) is 5.12. The van der Waals surface area contributed by atoms with Gasteiger partial charge in [0.15, 0.2) is 0 Å². The summed E-state index contributed by atoms with van der Waals surface area (Å²) in [5.41, 5.74) is 2.68. The van der Waals surface area contributed by atoms with Gasteiger partial charge in [0.25, 0.3) is 0 Å². The molecule has 0 fully saturated rings. The van der Waals surface area contributed by atoms with Gasteiger partial charge in [0.2, 0.25) is 0 Å². The second-order valence-electron chi connectivity index (χ2n) is 3.89. The molecule has 1 nitrogen and oxygen atoms in total. The summed E-state index contributed by atoms with van der Waals surface area (Å²) < 4.78 is 0. The average molecular weight is 217 g/mol. The molecule has 2 heteroatoms. The van der Waals surface area contributed by atoms with E-state index in [9.17, 15) is 0 Å². The maximum Gasteiger partial charge on any atom is 0.0440 e. The SMILES string of the molecule is CN(C)c1ccc(CP)c2ccccc12. The molecule has 0 saturated heterocycles. The van der Waals surface area contributed by atoms with Crippen LogP contribution in [0.15, 0.2) is 36.4 Å². The summed E-state index contributed by atoms with van der Waals surface area (Å²) in [4.78, 5) is 2.16. The Morgan fingerprint density at radius 1 is 1.00 bits per heavy atom. The van der Waals surface area contributed by atoms with Gasteiger partial charge in [-0.1, -0.05) is 30.3 Å². The third kappa shape index (κ3) is 1.85. The minimum Gasteiger partial charge on any atom is -0.377 e. The number of hydrogen-bond acceptors (Lipinski definition) is 1. The van der Waals surface area contributed by atoms with Crippen molar-refractivity contribution in [1.82, 2.24) is 0 Å². The van der Waals surface area contributed by atoms with Crippen LogP contribution < -0.4 is 4.90 Å². The molecular weight excluding hydrogens is 201 g/mol. The van der Waals surface area contributed by atoms with Crippen LogP contribution in [0.3, 0.4) is 0 Å². The fraction of sp³-hybridized carbons (Fsp3) is 0.231. The first-order chi connectivity index (χ1) is 7.24. The monoisotopic (exact) mass is 217 g/mol. The number of hydrogen-bond donors (Lipinski definition) is 0. The third-order valence-corrected chi connectivity index (χ3v) is 3.13. The molecule has 0 radical (unpaired) electrons. The van der Waals surface area contributed by atoms with Crippen molar-refractivity contribution in [2.24, 2.45) is 0 Å². The molecule has 0 amide bonds. The molecule has 1 unspecified atom stereocenters. The molecule has 0 aromatic heterocycles. The van der Waals surface area contributed by atoms with Crippen LogP contribution in [-0.4, -0.2) is 14.1 Å². The maximum atomic E-state index is 2.79. The highest BCUT2D eigenvalue weighted by Crippen LogP contribution is 2.29. The fourth-order valence-electron chi connectivity index (χ4n) is 1.91. The predicted molar refractivity (Wildman–Crippen MR) is 71.7 cm³/mol. The lowest BCUT2D eigenvalue weighted by Gasteiger charge is -2.17. The van der Waals surface area contributed by atoms with Crippen LogP contribution in [0.5, 0.6) is 0 Å². The minimum absolute atomic E-state index is 1.01. The zero-order valence-electron chi connectivity index (χ0n) is 9.20. The van der Waals surface area contributed by atoms with Crippen LogP contribution in [0.2, 0.25) is 0 Å². The van der Waals surface area contributed by atoms with Crippen LogP contribution in [0, 0.1) is 0 Å². The van der Waals surface area contributed by atoms with Gasteiger partial charge in [-0.05, 0) is 23.2 Å². The number of fused-ring (bicyclic) bond motifs is 1. The highest BCUT2D eigenvalue weighted by atomic mass is 31.0. The lowest BCUT2D eigenvalue weighted by Crippen LogP contribution is -2.09. The van der Waals surface area contributed by atoms with Gasteiger partial charge in [0.05, 0.1) is 0 Å². The molecule has 0 aliphatic carbocycles. The number of anilines is 1. The van der Waals surface area contributed by atoms with E-state index in [0.29, 0.717) is 0 Å². The van der Waals surface area contributed by atoms with Gasteiger partial charge in [-0.15, -0.1) is 9.24 Å². The molecule has 0 N–H and O–H groups in total. The summed E-state index contributed by atoms with van der Waals surface area (Å²) in [6.07, 6.45) is 1.01. The third-order valence-electron chi connectivity index (χ3n) is 2.69. The highest BCUT2D eigenvalue weighted by molar-refractivity contribution is 7.15. The van der Waals surface area contributed by atoms with Crippen molar-refractivity contribution in [1.29, 1.82) is 0 Å². The second kappa shape index (κ2) is 4.20. The Balaban J connectivity index is 2.77. The van der Waals surface area contributed by atoms with Crippen molar-refractivity contribution >= 4 is 25.7 Å². The predicted octanol–water partition coefficient (Wildman–Crippen LogP) is 3.28. The van der Waals surface area contributed by atoms with E-state index in [1.807, 2.05) is 0 Å². The summed E-state index contributed by atoms with van der Waals surface area (Å²) in [6, 6.07) is 13.0. The molecule has 15 heavy (non-hydrogen) atoms. The van der Waals surface area contributed by atoms with Crippen LogP contribution in [-0.2, 0) is 6.16 Å². The van der Waals surface area contributed by atoms with Crippen molar-refractivity contribution in [2.75, 3.05) is 19.0 Å². The summed E-state index contributed by atoms with van der Waals surface area (Å²) >= 11 is 0. The molecule has 2 aromatic carbocycles. The summed E-state index contributed by atoms with van der Waals surface area (Å²) in [6.45, 7) is 0. The van der Waals surface area contributed by atoms with E-state index in [1.165, 1.54) is 22.0 Å². The smallest absolute Gasteiger partial charge is 0.0440 e. The normalized spacial score (nSPS) is 10.6. The summed E-state index contributed by atoms with van der Waals surface area (Å²) in [5, 5.41) is 2.70. The van der Waals surface area contributed by atoms with Gasteiger partial charge < -0.3 is 4.90 Å². The van der Waals surface area contributed by atoms with Crippen molar-refractivity contribution in [3.8, 4) is 0 Å². The quantitative estimate of drug-likeness (QED) is 0.698. The van der Waals surface area contributed by atoms with E-state index < -0.39 is 0 Å². The summed E-state index contributed by atoms with van der Waals surface area (Å²) in [5.74, 6) is 0. The van der Waals surface area contributed by atoms with E-state index in [2.05, 4.69) is 64.6 Å². The zero-order chi connectivity index (χ0) is 10.8. The topological polar surface area (TPSA) is 3.24 Å². The molecule has 2 rings (SSSR count). The van der Waals surface area contributed by atoms with E-state index in [-0.39, 0.29) is 0 Å². The minimum atomic E-state index is 1.01. The summed E-state index contributed by atoms with van der Waals surface area (Å²) in [7, 11) is 6.96. The highest BCUT2D eigenvalue weighted by Gasteiger charge is 2.05. The molecule has 0 bridgehead atoms. The molecule has 78 valence electrons. The number of nitrogens with zero attached hydrogens (tertiary/aromatic N) is 1. The van der Waals surface area contributed by atoms with Crippen molar-refractivity contribution in [3.63, 3.8) is 0 Å². The lowest BCUT2D eigenvalue weighted by molar-refractivity contribution is 1.14. The van der Waals surface area contributed by atoms with Crippen molar-refractivity contribution < 1.29 is 0 Å². The Morgan fingerprint density at radius 3 is 2.27 bits per heavy atom. The van der Waals surface area contributed by atoms with Crippen LogP contribution >= 0.6 is 9.24 Å². The maximum absolute atomic E-state index is 2.79. The van der Waals surface area contributed by atoms with E-state index in [4.69, 9.17) is 0 Å². The first-order valence-corrected chi connectivity index (χ1v) is 5.93. The lowest BCUT2D eigenvalue weighted by atomic mass is 10.0. The molecule has 0 heterocycles. The van der Waals surface area contributed by atoms with Crippen molar-refractivity contribution in [2.45, 2.75) is 6.16 Å². The Bertz CT molecular complexity index is 477. The van der Waals surface area contributed by atoms with Gasteiger partial charge in [-0.2, -0.15) is 0 Å². The standard InChI is InChI=1S/C13H16NP/c1-14(2)13-8-7-10(9-15)11-5-3-4-6-12(11)13/h3-8H,9,15H2,1-2H3. The van der Waals surface area contributed by atoms with Crippen LogP contribution in [0.4, 0.5) is 5.69 Å². The molecule has 0 aliphatic rings. The van der Waals surface area contributed by atoms with Crippen molar-refractivity contribution in [3.05, 3.63) is 42.0 Å². The molecule has 0 aliphatic heterocycles. The number of rotatable bonds is 2. The molecule has 0 saturated carbocycles. The molecule has 0 spiro atoms. The average Bonchev–Trinajstić information content (AvgIpc) is 2.27. The van der Waals surface area contributed by atoms with Gasteiger partial charge >= 0.3 is 0 Å². The number of benzene rings is 2. The zero-order valence-corrected chi connectivity index (χ0v) is 10.4. The molecule has 1 atom stereocenters. The van der Waals surface area contributed by atoms with Gasteiger partial charge in [-0.3, -0.25) is 0 Å². The fourth-order valence-corrected chi connectivity index (χ4v) is 2.27. The Kier molecular flexibility index (Phi) is 2.93. The van der Waals surface area contributed by atoms with Crippen LogP contribution in [0.1, 0.15) is 5.56 Å². The van der Waals surface area contributed by atoms with Crippen LogP contribution in [0.25, 0.3) is 10.8 Å². The van der Waals surface area contributed by atoms with E-state index in [0.717, 1.165) is 6.16 Å².